The second-order valence-corrected chi connectivity index (χ2v) is 3.35. The molecule has 0 aliphatic carbocycles. The lowest BCUT2D eigenvalue weighted by molar-refractivity contribution is -0.142. The molecular formula is C9H14O2. The molecule has 0 radical (unpaired) electrons. The lowest BCUT2D eigenvalue weighted by atomic mass is 9.80. The maximum atomic E-state index is 10.8. The van der Waals surface area contributed by atoms with Crippen LogP contribution in [0, 0.1) is 5.41 Å². The highest BCUT2D eigenvalue weighted by molar-refractivity contribution is 5.83. The monoisotopic (exact) mass is 154 g/mol. The van der Waals surface area contributed by atoms with E-state index in [4.69, 9.17) is 4.74 Å². The van der Waals surface area contributed by atoms with Gasteiger partial charge in [0.1, 0.15) is 6.61 Å². The summed E-state index contributed by atoms with van der Waals surface area (Å²) < 4.78 is 4.94. The van der Waals surface area contributed by atoms with E-state index in [1.807, 2.05) is 6.92 Å². The second-order valence-electron chi connectivity index (χ2n) is 3.35. The van der Waals surface area contributed by atoms with E-state index in [1.165, 1.54) is 0 Å². The van der Waals surface area contributed by atoms with Crippen LogP contribution < -0.4 is 0 Å². The Morgan fingerprint density at radius 3 is 2.82 bits per heavy atom. The SMILES string of the molecule is CCC1(C)COC(=O)C=C1C. The minimum Gasteiger partial charge on any atom is -0.462 e. The number of ether oxygens (including phenoxy) is 1. The van der Waals surface area contributed by atoms with Crippen LogP contribution in [0.4, 0.5) is 0 Å². The van der Waals surface area contributed by atoms with Gasteiger partial charge < -0.3 is 4.74 Å². The first-order chi connectivity index (χ1) is 5.08. The van der Waals surface area contributed by atoms with Gasteiger partial charge in [0.2, 0.25) is 0 Å². The molecule has 1 aliphatic heterocycles. The molecule has 62 valence electrons. The normalized spacial score (nSPS) is 31.2. The highest BCUT2D eigenvalue weighted by Crippen LogP contribution is 2.33. The summed E-state index contributed by atoms with van der Waals surface area (Å²) in [6.07, 6.45) is 2.61. The number of rotatable bonds is 1. The molecule has 0 aromatic heterocycles. The Bertz CT molecular complexity index is 206. The smallest absolute Gasteiger partial charge is 0.330 e. The van der Waals surface area contributed by atoms with E-state index in [-0.39, 0.29) is 11.4 Å². The van der Waals surface area contributed by atoms with Gasteiger partial charge in [-0.2, -0.15) is 0 Å². The van der Waals surface area contributed by atoms with Gasteiger partial charge in [-0.1, -0.05) is 19.4 Å². The standard InChI is InChI=1S/C9H14O2/c1-4-9(3)6-11-8(10)5-7(9)2/h5H,4,6H2,1-3H3. The zero-order chi connectivity index (χ0) is 8.48. The molecule has 0 saturated carbocycles. The van der Waals surface area contributed by atoms with Crippen molar-refractivity contribution in [2.75, 3.05) is 6.61 Å². The number of carbonyl (C=O) groups is 1. The topological polar surface area (TPSA) is 26.3 Å². The van der Waals surface area contributed by atoms with Gasteiger partial charge in [0.15, 0.2) is 0 Å². The van der Waals surface area contributed by atoms with Crippen LogP contribution in [-0.2, 0) is 9.53 Å². The van der Waals surface area contributed by atoms with Crippen molar-refractivity contribution in [2.24, 2.45) is 5.41 Å². The summed E-state index contributed by atoms with van der Waals surface area (Å²) in [5, 5.41) is 0. The Morgan fingerprint density at radius 1 is 1.73 bits per heavy atom. The molecule has 0 amide bonds. The van der Waals surface area contributed by atoms with Crippen molar-refractivity contribution in [2.45, 2.75) is 27.2 Å². The molecule has 0 bridgehead atoms. The largest absolute Gasteiger partial charge is 0.462 e. The molecule has 1 unspecified atom stereocenters. The van der Waals surface area contributed by atoms with E-state index in [0.29, 0.717) is 6.61 Å². The van der Waals surface area contributed by atoms with E-state index < -0.39 is 0 Å². The quantitative estimate of drug-likeness (QED) is 0.539. The third-order valence-corrected chi connectivity index (χ3v) is 2.60. The van der Waals surface area contributed by atoms with Crippen molar-refractivity contribution >= 4 is 5.97 Å². The maximum Gasteiger partial charge on any atom is 0.330 e. The molecule has 2 nitrogen and oxygen atoms in total. The fourth-order valence-corrected chi connectivity index (χ4v) is 1.12. The van der Waals surface area contributed by atoms with Crippen molar-refractivity contribution in [3.63, 3.8) is 0 Å². The van der Waals surface area contributed by atoms with E-state index in [9.17, 15) is 4.79 Å². The molecule has 2 heteroatoms. The minimum atomic E-state index is -0.201. The van der Waals surface area contributed by atoms with Crippen molar-refractivity contribution in [3.05, 3.63) is 11.6 Å². The summed E-state index contributed by atoms with van der Waals surface area (Å²) in [5.74, 6) is -0.201. The first-order valence-electron chi connectivity index (χ1n) is 3.94. The molecule has 1 heterocycles. The Morgan fingerprint density at radius 2 is 2.36 bits per heavy atom. The summed E-state index contributed by atoms with van der Waals surface area (Å²) in [4.78, 5) is 10.8. The van der Waals surface area contributed by atoms with E-state index in [1.54, 1.807) is 6.08 Å². The fourth-order valence-electron chi connectivity index (χ4n) is 1.12. The molecule has 1 rings (SSSR count). The van der Waals surface area contributed by atoms with Crippen molar-refractivity contribution in [3.8, 4) is 0 Å². The third kappa shape index (κ3) is 1.44. The summed E-state index contributed by atoms with van der Waals surface area (Å²) in [5.41, 5.74) is 1.21. The molecule has 11 heavy (non-hydrogen) atoms. The number of hydrogen-bond donors (Lipinski definition) is 0. The Kier molecular flexibility index (Phi) is 2.03. The molecule has 0 aromatic carbocycles. The number of esters is 1. The van der Waals surface area contributed by atoms with Gasteiger partial charge in [-0.05, 0) is 13.3 Å². The van der Waals surface area contributed by atoms with Crippen LogP contribution in [0.1, 0.15) is 27.2 Å². The molecule has 0 spiro atoms. The second kappa shape index (κ2) is 2.68. The van der Waals surface area contributed by atoms with E-state index in [2.05, 4.69) is 13.8 Å². The first kappa shape index (κ1) is 8.31. The van der Waals surface area contributed by atoms with Crippen LogP contribution in [0.15, 0.2) is 11.6 Å². The molecule has 0 N–H and O–H groups in total. The van der Waals surface area contributed by atoms with E-state index >= 15 is 0 Å². The van der Waals surface area contributed by atoms with Crippen LogP contribution in [-0.4, -0.2) is 12.6 Å². The van der Waals surface area contributed by atoms with Crippen molar-refractivity contribution < 1.29 is 9.53 Å². The van der Waals surface area contributed by atoms with Gasteiger partial charge in [0.05, 0.1) is 0 Å². The van der Waals surface area contributed by atoms with Crippen LogP contribution in [0.25, 0.3) is 0 Å². The highest BCUT2D eigenvalue weighted by atomic mass is 16.5. The highest BCUT2D eigenvalue weighted by Gasteiger charge is 2.29. The van der Waals surface area contributed by atoms with Crippen molar-refractivity contribution in [1.82, 2.24) is 0 Å². The van der Waals surface area contributed by atoms with Gasteiger partial charge in [-0.25, -0.2) is 4.79 Å². The number of hydrogen-bond acceptors (Lipinski definition) is 2. The van der Waals surface area contributed by atoms with Gasteiger partial charge >= 0.3 is 5.97 Å². The average molecular weight is 154 g/mol. The van der Waals surface area contributed by atoms with Crippen molar-refractivity contribution in [1.29, 1.82) is 0 Å². The lowest BCUT2D eigenvalue weighted by Crippen LogP contribution is -2.30. The predicted molar refractivity (Wildman–Crippen MR) is 43.1 cm³/mol. The zero-order valence-electron chi connectivity index (χ0n) is 7.31. The number of carbonyl (C=O) groups excluding carboxylic acids is 1. The molecular weight excluding hydrogens is 140 g/mol. The molecule has 0 saturated heterocycles. The molecule has 0 aromatic rings. The summed E-state index contributed by atoms with van der Waals surface area (Å²) in [6, 6.07) is 0. The molecule has 1 aliphatic rings. The predicted octanol–water partition coefficient (Wildman–Crippen LogP) is 1.91. The summed E-state index contributed by atoms with van der Waals surface area (Å²) in [6.45, 7) is 6.75. The Hall–Kier alpha value is -0.790. The first-order valence-corrected chi connectivity index (χ1v) is 3.94. The lowest BCUT2D eigenvalue weighted by Gasteiger charge is -2.31. The van der Waals surface area contributed by atoms with Gasteiger partial charge in [0, 0.05) is 11.5 Å². The fraction of sp³-hybridized carbons (Fsp3) is 0.667. The average Bonchev–Trinajstić information content (AvgIpc) is 1.98. The summed E-state index contributed by atoms with van der Waals surface area (Å²) >= 11 is 0. The van der Waals surface area contributed by atoms with E-state index in [0.717, 1.165) is 12.0 Å². The summed E-state index contributed by atoms with van der Waals surface area (Å²) in [7, 11) is 0. The molecule has 1 atom stereocenters. The third-order valence-electron chi connectivity index (χ3n) is 2.60. The zero-order valence-corrected chi connectivity index (χ0v) is 7.31. The van der Waals surface area contributed by atoms with Crippen LogP contribution in [0.3, 0.4) is 0 Å². The van der Waals surface area contributed by atoms with Crippen LogP contribution in [0.5, 0.6) is 0 Å². The molecule has 0 fully saturated rings. The Balaban J connectivity index is 2.87. The number of cyclic esters (lactones) is 1. The van der Waals surface area contributed by atoms with Gasteiger partial charge in [-0.3, -0.25) is 0 Å². The van der Waals surface area contributed by atoms with Crippen LogP contribution >= 0.6 is 0 Å². The van der Waals surface area contributed by atoms with Gasteiger partial charge in [-0.15, -0.1) is 0 Å². The van der Waals surface area contributed by atoms with Crippen LogP contribution in [0.2, 0.25) is 0 Å². The minimum absolute atomic E-state index is 0.0773. The maximum absolute atomic E-state index is 10.8. The van der Waals surface area contributed by atoms with Gasteiger partial charge in [0.25, 0.3) is 0 Å². The Labute approximate surface area is 67.2 Å².